The minimum Gasteiger partial charge on any atom is -0.404 e. The number of pyridine rings is 1. The van der Waals surface area contributed by atoms with Crippen molar-refractivity contribution in [2.75, 3.05) is 12.4 Å². The normalized spacial score (nSPS) is 21.0. The molecule has 0 atom stereocenters. The van der Waals surface area contributed by atoms with Crippen molar-refractivity contribution >= 4 is 23.1 Å². The molecule has 0 spiro atoms. The number of hydrogen-bond donors (Lipinski definition) is 3. The predicted octanol–water partition coefficient (Wildman–Crippen LogP) is 3.13. The molecule has 0 saturated heterocycles. The molecule has 0 unspecified atom stereocenters. The standard InChI is InChI=1S/C20H25F3N6O/c1-12(25-2)15(10-24)19(30)27-14-8-6-13(7-9-14)26-17-4-3-5-18-28-16(11-29(17)18)20(21,22)23/h3-5,10-11,13-14,26H,6-9,24H2,1-2H3,(H,27,30)/b15-10+,25-12?. The number of carbonyl (C=O) groups excluding carboxylic acids is 1. The third-order valence-corrected chi connectivity index (χ3v) is 5.33. The Bertz CT molecular complexity index is 971. The van der Waals surface area contributed by atoms with Crippen LogP contribution >= 0.6 is 0 Å². The molecule has 0 radical (unpaired) electrons. The molecule has 2 aromatic rings. The molecular weight excluding hydrogens is 397 g/mol. The molecule has 2 heterocycles. The molecule has 0 aromatic carbocycles. The van der Waals surface area contributed by atoms with Gasteiger partial charge >= 0.3 is 6.18 Å². The van der Waals surface area contributed by atoms with Crippen LogP contribution in [0.25, 0.3) is 5.65 Å². The highest BCUT2D eigenvalue weighted by atomic mass is 19.4. The second-order valence-corrected chi connectivity index (χ2v) is 7.32. The summed E-state index contributed by atoms with van der Waals surface area (Å²) in [7, 11) is 1.60. The van der Waals surface area contributed by atoms with Crippen molar-refractivity contribution in [3.05, 3.63) is 41.9 Å². The van der Waals surface area contributed by atoms with Crippen molar-refractivity contribution in [3.8, 4) is 0 Å². The molecule has 1 aliphatic rings. The lowest BCUT2D eigenvalue weighted by molar-refractivity contribution is -0.140. The smallest absolute Gasteiger partial charge is 0.404 e. The van der Waals surface area contributed by atoms with E-state index in [1.54, 1.807) is 26.1 Å². The number of amides is 1. The molecule has 10 heteroatoms. The van der Waals surface area contributed by atoms with Crippen LogP contribution in [-0.2, 0) is 11.0 Å². The number of nitrogens with zero attached hydrogens (tertiary/aromatic N) is 3. The van der Waals surface area contributed by atoms with Gasteiger partial charge < -0.3 is 16.4 Å². The van der Waals surface area contributed by atoms with Crippen LogP contribution < -0.4 is 16.4 Å². The number of nitrogens with two attached hydrogens (primary N) is 1. The predicted molar refractivity (Wildman–Crippen MR) is 109 cm³/mol. The zero-order valence-corrected chi connectivity index (χ0v) is 16.8. The molecule has 30 heavy (non-hydrogen) atoms. The van der Waals surface area contributed by atoms with E-state index in [9.17, 15) is 18.0 Å². The number of nitrogens with one attached hydrogen (secondary N) is 2. The lowest BCUT2D eigenvalue weighted by Crippen LogP contribution is -2.41. The highest BCUT2D eigenvalue weighted by molar-refractivity contribution is 6.20. The van der Waals surface area contributed by atoms with E-state index in [1.165, 1.54) is 16.7 Å². The molecule has 0 aliphatic heterocycles. The Morgan fingerprint density at radius 1 is 1.27 bits per heavy atom. The average molecular weight is 422 g/mol. The molecule has 1 amide bonds. The summed E-state index contributed by atoms with van der Waals surface area (Å²) >= 11 is 0. The van der Waals surface area contributed by atoms with Gasteiger partial charge in [-0.25, -0.2) is 4.98 Å². The number of hydrogen-bond acceptors (Lipinski definition) is 5. The van der Waals surface area contributed by atoms with Crippen LogP contribution in [0.3, 0.4) is 0 Å². The fourth-order valence-electron chi connectivity index (χ4n) is 3.60. The number of fused-ring (bicyclic) bond motifs is 1. The summed E-state index contributed by atoms with van der Waals surface area (Å²) < 4.78 is 40.3. The van der Waals surface area contributed by atoms with Gasteiger partial charge in [0.05, 0.1) is 5.57 Å². The number of carbonyl (C=O) groups is 1. The summed E-state index contributed by atoms with van der Waals surface area (Å²) in [5.41, 5.74) is 5.78. The van der Waals surface area contributed by atoms with Gasteiger partial charge in [0.15, 0.2) is 5.69 Å². The molecule has 2 aromatic heterocycles. The number of aromatic nitrogens is 2. The van der Waals surface area contributed by atoms with Crippen molar-refractivity contribution in [1.29, 1.82) is 0 Å². The molecule has 1 fully saturated rings. The Balaban J connectivity index is 1.61. The number of aliphatic imine (C=N–C) groups is 1. The molecule has 162 valence electrons. The number of alkyl halides is 3. The summed E-state index contributed by atoms with van der Waals surface area (Å²) in [6, 6.07) is 5.04. The van der Waals surface area contributed by atoms with Gasteiger partial charge in [0.2, 0.25) is 0 Å². The maximum absolute atomic E-state index is 13.0. The Labute approximate surface area is 172 Å². The van der Waals surface area contributed by atoms with E-state index in [-0.39, 0.29) is 23.6 Å². The average Bonchev–Trinajstić information content (AvgIpc) is 3.16. The van der Waals surface area contributed by atoms with Crippen LogP contribution in [-0.4, -0.2) is 40.1 Å². The van der Waals surface area contributed by atoms with Crippen molar-refractivity contribution in [2.24, 2.45) is 10.7 Å². The summed E-state index contributed by atoms with van der Waals surface area (Å²) in [4.78, 5) is 20.0. The van der Waals surface area contributed by atoms with Gasteiger partial charge in [-0.15, -0.1) is 0 Å². The van der Waals surface area contributed by atoms with Gasteiger partial charge in [-0.2, -0.15) is 13.2 Å². The molecule has 0 bridgehead atoms. The van der Waals surface area contributed by atoms with E-state index in [0.717, 1.165) is 31.9 Å². The SMILES string of the molecule is CN=C(C)/C(=C\N)C(=O)NC1CCC(Nc2cccc3nc(C(F)(F)F)cn23)CC1. The maximum atomic E-state index is 13.0. The van der Waals surface area contributed by atoms with Gasteiger partial charge in [-0.3, -0.25) is 14.2 Å². The van der Waals surface area contributed by atoms with Gasteiger partial charge in [-0.05, 0) is 44.7 Å². The second kappa shape index (κ2) is 8.76. The van der Waals surface area contributed by atoms with Gasteiger partial charge in [-0.1, -0.05) is 6.07 Å². The third kappa shape index (κ3) is 4.74. The first kappa shape index (κ1) is 21.7. The first-order chi connectivity index (χ1) is 14.2. The van der Waals surface area contributed by atoms with Crippen molar-refractivity contribution in [1.82, 2.24) is 14.7 Å². The molecular formula is C20H25F3N6O. The number of imidazole rings is 1. The second-order valence-electron chi connectivity index (χ2n) is 7.32. The van der Waals surface area contributed by atoms with E-state index >= 15 is 0 Å². The van der Waals surface area contributed by atoms with Gasteiger partial charge in [0.1, 0.15) is 11.5 Å². The van der Waals surface area contributed by atoms with Crippen LogP contribution in [0.2, 0.25) is 0 Å². The zero-order valence-electron chi connectivity index (χ0n) is 16.8. The minimum atomic E-state index is -4.49. The van der Waals surface area contributed by atoms with Crippen LogP contribution in [0.15, 0.2) is 41.2 Å². The minimum absolute atomic E-state index is 0.0102. The highest BCUT2D eigenvalue weighted by Crippen LogP contribution is 2.30. The summed E-state index contributed by atoms with van der Waals surface area (Å²) in [6.45, 7) is 1.72. The molecule has 1 saturated carbocycles. The first-order valence-corrected chi connectivity index (χ1v) is 9.71. The number of rotatable bonds is 5. The third-order valence-electron chi connectivity index (χ3n) is 5.33. The molecule has 4 N–H and O–H groups in total. The fraction of sp³-hybridized carbons (Fsp3) is 0.450. The summed E-state index contributed by atoms with van der Waals surface area (Å²) in [5, 5.41) is 6.30. The van der Waals surface area contributed by atoms with Crippen molar-refractivity contribution in [2.45, 2.75) is 50.9 Å². The van der Waals surface area contributed by atoms with Gasteiger partial charge in [0, 0.05) is 37.2 Å². The topological polar surface area (TPSA) is 96.8 Å². The molecule has 7 nitrogen and oxygen atoms in total. The maximum Gasteiger partial charge on any atom is 0.434 e. The Morgan fingerprint density at radius 3 is 2.53 bits per heavy atom. The van der Waals surface area contributed by atoms with Gasteiger partial charge in [0.25, 0.3) is 5.91 Å². The van der Waals surface area contributed by atoms with E-state index in [1.807, 2.05) is 0 Å². The number of anilines is 1. The Kier molecular flexibility index (Phi) is 6.33. The lowest BCUT2D eigenvalue weighted by Gasteiger charge is -2.30. The highest BCUT2D eigenvalue weighted by Gasteiger charge is 2.34. The Morgan fingerprint density at radius 2 is 1.93 bits per heavy atom. The molecule has 1 aliphatic carbocycles. The number of halogens is 3. The Hall–Kier alpha value is -3.04. The summed E-state index contributed by atoms with van der Waals surface area (Å²) in [6.07, 6.45) is 0.800. The van der Waals surface area contributed by atoms with Crippen LogP contribution in [0.5, 0.6) is 0 Å². The lowest BCUT2D eigenvalue weighted by atomic mass is 9.91. The van der Waals surface area contributed by atoms with E-state index in [4.69, 9.17) is 5.73 Å². The van der Waals surface area contributed by atoms with Crippen LogP contribution in [0.1, 0.15) is 38.3 Å². The quantitative estimate of drug-likeness (QED) is 0.510. The van der Waals surface area contributed by atoms with E-state index < -0.39 is 11.9 Å². The first-order valence-electron chi connectivity index (χ1n) is 9.71. The largest absolute Gasteiger partial charge is 0.434 e. The molecule has 3 rings (SSSR count). The van der Waals surface area contributed by atoms with E-state index in [2.05, 4.69) is 20.6 Å². The van der Waals surface area contributed by atoms with Crippen molar-refractivity contribution < 1.29 is 18.0 Å². The van der Waals surface area contributed by atoms with Crippen LogP contribution in [0, 0.1) is 0 Å². The van der Waals surface area contributed by atoms with Crippen LogP contribution in [0.4, 0.5) is 19.0 Å². The zero-order chi connectivity index (χ0) is 21.9. The monoisotopic (exact) mass is 422 g/mol. The fourth-order valence-corrected chi connectivity index (χ4v) is 3.60. The summed E-state index contributed by atoms with van der Waals surface area (Å²) in [5.74, 6) is 0.311. The van der Waals surface area contributed by atoms with Crippen molar-refractivity contribution in [3.63, 3.8) is 0 Å². The van der Waals surface area contributed by atoms with E-state index in [0.29, 0.717) is 17.1 Å².